The Morgan fingerprint density at radius 2 is 2.12 bits per heavy atom. The zero-order valence-electron chi connectivity index (χ0n) is 18.0. The Morgan fingerprint density at radius 3 is 2.94 bits per heavy atom. The first-order valence-corrected chi connectivity index (χ1v) is 11.2. The van der Waals surface area contributed by atoms with E-state index in [9.17, 15) is 4.79 Å². The van der Waals surface area contributed by atoms with Crippen molar-refractivity contribution in [2.24, 2.45) is 11.8 Å². The Labute approximate surface area is 186 Å². The summed E-state index contributed by atoms with van der Waals surface area (Å²) in [4.78, 5) is 24.2. The summed E-state index contributed by atoms with van der Waals surface area (Å²) in [6.45, 7) is 4.89. The summed E-state index contributed by atoms with van der Waals surface area (Å²) in [6, 6.07) is 5.79. The Bertz CT molecular complexity index is 1190. The lowest BCUT2D eigenvalue weighted by Crippen LogP contribution is -2.27. The minimum atomic E-state index is -0.233. The quantitative estimate of drug-likeness (QED) is 0.635. The normalized spacial score (nSPS) is 23.2. The van der Waals surface area contributed by atoms with Gasteiger partial charge in [-0.25, -0.2) is 14.6 Å². The molecule has 164 valence electrons. The summed E-state index contributed by atoms with van der Waals surface area (Å²) in [5.41, 5.74) is 10.3. The van der Waals surface area contributed by atoms with Crippen molar-refractivity contribution in [3.05, 3.63) is 58.7 Å². The zero-order chi connectivity index (χ0) is 21.8. The maximum absolute atomic E-state index is 12.7. The fraction of sp³-hybridized carbons (Fsp3) is 0.435. The molecule has 3 aliphatic rings. The highest BCUT2D eigenvalue weighted by molar-refractivity contribution is 5.92. The van der Waals surface area contributed by atoms with E-state index in [1.165, 1.54) is 12.0 Å². The number of carbonyl (C=O) groups excluding carboxylic acids is 1. The van der Waals surface area contributed by atoms with Crippen molar-refractivity contribution in [1.29, 1.82) is 0 Å². The standard InChI is InChI=1S/C23H26N8O/c1-13-6-22(30-9-14-7-15(14)10-30)25-8-16(13)11-31-12-20(28-29-31)23(32)27-19-4-3-18-17(19)2-5-21(24)26-18/h2,5-6,8,12,14-15,19H,3-4,7,9-11H2,1H3,(H2,24,26)(H,27,32)/t14?,15?,19-/m1/s1. The highest BCUT2D eigenvalue weighted by Crippen LogP contribution is 2.46. The minimum Gasteiger partial charge on any atom is -0.384 e. The van der Waals surface area contributed by atoms with E-state index in [1.54, 1.807) is 16.9 Å². The minimum absolute atomic E-state index is 0.0774. The molecule has 3 atom stereocenters. The lowest BCUT2D eigenvalue weighted by Gasteiger charge is -2.20. The second-order valence-electron chi connectivity index (χ2n) is 9.27. The van der Waals surface area contributed by atoms with Gasteiger partial charge in [0.25, 0.3) is 5.91 Å². The van der Waals surface area contributed by atoms with Gasteiger partial charge in [0.05, 0.1) is 18.8 Å². The van der Waals surface area contributed by atoms with Crippen molar-refractivity contribution in [2.75, 3.05) is 23.7 Å². The number of carbonyl (C=O) groups is 1. The van der Waals surface area contributed by atoms with Crippen LogP contribution in [0.3, 0.4) is 0 Å². The summed E-state index contributed by atoms with van der Waals surface area (Å²) in [6.07, 6.45) is 6.60. The molecular weight excluding hydrogens is 404 g/mol. The van der Waals surface area contributed by atoms with Gasteiger partial charge in [0.15, 0.2) is 5.69 Å². The van der Waals surface area contributed by atoms with Gasteiger partial charge in [0.1, 0.15) is 11.6 Å². The molecule has 9 nitrogen and oxygen atoms in total. The molecule has 1 saturated heterocycles. The highest BCUT2D eigenvalue weighted by atomic mass is 16.2. The molecule has 2 aliphatic carbocycles. The van der Waals surface area contributed by atoms with Crippen molar-refractivity contribution in [3.63, 3.8) is 0 Å². The Balaban J connectivity index is 1.11. The van der Waals surface area contributed by atoms with Gasteiger partial charge in [0, 0.05) is 25.0 Å². The molecule has 0 bridgehead atoms. The largest absolute Gasteiger partial charge is 0.384 e. The maximum Gasteiger partial charge on any atom is 0.273 e. The number of nitrogens with one attached hydrogen (secondary N) is 1. The van der Waals surface area contributed by atoms with E-state index < -0.39 is 0 Å². The third-order valence-corrected chi connectivity index (χ3v) is 6.99. The van der Waals surface area contributed by atoms with Gasteiger partial charge in [-0.3, -0.25) is 4.79 Å². The molecule has 0 spiro atoms. The first-order chi connectivity index (χ1) is 15.5. The third-order valence-electron chi connectivity index (χ3n) is 6.99. The summed E-state index contributed by atoms with van der Waals surface area (Å²) in [5.74, 6) is 3.09. The predicted molar refractivity (Wildman–Crippen MR) is 119 cm³/mol. The molecule has 3 aromatic rings. The lowest BCUT2D eigenvalue weighted by molar-refractivity contribution is 0.0931. The van der Waals surface area contributed by atoms with E-state index >= 15 is 0 Å². The molecule has 0 aromatic carbocycles. The number of aromatic nitrogens is 5. The van der Waals surface area contributed by atoms with Crippen molar-refractivity contribution in [2.45, 2.75) is 38.8 Å². The van der Waals surface area contributed by atoms with Crippen LogP contribution in [-0.4, -0.2) is 44.0 Å². The van der Waals surface area contributed by atoms with Gasteiger partial charge >= 0.3 is 0 Å². The van der Waals surface area contributed by atoms with Gasteiger partial charge in [-0.15, -0.1) is 5.10 Å². The zero-order valence-corrected chi connectivity index (χ0v) is 18.0. The molecule has 6 rings (SSSR count). The smallest absolute Gasteiger partial charge is 0.273 e. The number of amides is 1. The molecule has 0 radical (unpaired) electrons. The fourth-order valence-corrected chi connectivity index (χ4v) is 5.01. The van der Waals surface area contributed by atoms with Crippen LogP contribution in [0, 0.1) is 18.8 Å². The van der Waals surface area contributed by atoms with Gasteiger partial charge in [-0.05, 0) is 66.8 Å². The van der Waals surface area contributed by atoms with Crippen LogP contribution < -0.4 is 16.0 Å². The molecule has 1 amide bonds. The van der Waals surface area contributed by atoms with Gasteiger partial charge < -0.3 is 16.0 Å². The summed E-state index contributed by atoms with van der Waals surface area (Å²) in [7, 11) is 0. The van der Waals surface area contributed by atoms with Crippen LogP contribution in [0.5, 0.6) is 0 Å². The van der Waals surface area contributed by atoms with E-state index in [0.29, 0.717) is 18.1 Å². The molecule has 32 heavy (non-hydrogen) atoms. The van der Waals surface area contributed by atoms with Gasteiger partial charge in [-0.2, -0.15) is 0 Å². The first-order valence-electron chi connectivity index (χ1n) is 11.2. The van der Waals surface area contributed by atoms with Crippen molar-refractivity contribution in [1.82, 2.24) is 30.3 Å². The monoisotopic (exact) mass is 430 g/mol. The molecule has 3 aromatic heterocycles. The Kier molecular flexibility index (Phi) is 4.38. The summed E-state index contributed by atoms with van der Waals surface area (Å²) in [5, 5.41) is 11.3. The number of nitrogens with zero attached hydrogens (tertiary/aromatic N) is 6. The molecular formula is C23H26N8O. The predicted octanol–water partition coefficient (Wildman–Crippen LogP) is 1.88. The third kappa shape index (κ3) is 3.47. The topological polar surface area (TPSA) is 115 Å². The van der Waals surface area contributed by atoms with E-state index in [2.05, 4.69) is 43.5 Å². The Hall–Kier alpha value is -3.49. The number of aryl methyl sites for hydroxylation is 2. The van der Waals surface area contributed by atoms with Gasteiger partial charge in [0.2, 0.25) is 0 Å². The first kappa shape index (κ1) is 19.2. The SMILES string of the molecule is Cc1cc(N2CC3CC3C2)ncc1Cn1cc(C(=O)N[C@@H]2CCc3nc(N)ccc32)nn1. The Morgan fingerprint density at radius 1 is 1.28 bits per heavy atom. The molecule has 2 fully saturated rings. The molecule has 3 N–H and O–H groups in total. The van der Waals surface area contributed by atoms with Crippen molar-refractivity contribution in [3.8, 4) is 0 Å². The molecule has 1 saturated carbocycles. The number of hydrogen-bond acceptors (Lipinski definition) is 7. The average molecular weight is 431 g/mol. The fourth-order valence-electron chi connectivity index (χ4n) is 5.01. The second kappa shape index (κ2) is 7.29. The van der Waals surface area contributed by atoms with E-state index in [1.807, 2.05) is 12.3 Å². The number of pyridine rings is 2. The van der Waals surface area contributed by atoms with E-state index in [0.717, 1.165) is 60.4 Å². The van der Waals surface area contributed by atoms with Crippen LogP contribution in [0.2, 0.25) is 0 Å². The molecule has 1 aliphatic heterocycles. The molecule has 4 heterocycles. The summed E-state index contributed by atoms with van der Waals surface area (Å²) < 4.78 is 1.69. The van der Waals surface area contributed by atoms with Gasteiger partial charge in [-0.1, -0.05) is 11.3 Å². The molecule has 9 heteroatoms. The highest BCUT2D eigenvalue weighted by Gasteiger charge is 2.45. The lowest BCUT2D eigenvalue weighted by atomic mass is 10.1. The number of piperidine rings is 1. The maximum atomic E-state index is 12.7. The van der Waals surface area contributed by atoms with Crippen LogP contribution in [0.25, 0.3) is 0 Å². The van der Waals surface area contributed by atoms with Crippen LogP contribution in [0.4, 0.5) is 11.6 Å². The second-order valence-corrected chi connectivity index (χ2v) is 9.27. The number of rotatable bonds is 5. The number of nitrogen functional groups attached to an aromatic ring is 1. The van der Waals surface area contributed by atoms with Crippen LogP contribution in [0.15, 0.2) is 30.6 Å². The number of fused-ring (bicyclic) bond motifs is 2. The molecule has 2 unspecified atom stereocenters. The summed E-state index contributed by atoms with van der Waals surface area (Å²) >= 11 is 0. The number of anilines is 2. The number of nitrogens with two attached hydrogens (primary N) is 1. The van der Waals surface area contributed by atoms with E-state index in [4.69, 9.17) is 5.73 Å². The van der Waals surface area contributed by atoms with Crippen LogP contribution in [-0.2, 0) is 13.0 Å². The van der Waals surface area contributed by atoms with Crippen LogP contribution >= 0.6 is 0 Å². The van der Waals surface area contributed by atoms with Crippen molar-refractivity contribution >= 4 is 17.5 Å². The number of hydrogen-bond donors (Lipinski definition) is 2. The average Bonchev–Trinajstić information content (AvgIpc) is 3.15. The van der Waals surface area contributed by atoms with Crippen LogP contribution in [0.1, 0.15) is 51.8 Å². The van der Waals surface area contributed by atoms with E-state index in [-0.39, 0.29) is 11.9 Å². The van der Waals surface area contributed by atoms with Crippen molar-refractivity contribution < 1.29 is 4.79 Å².